The van der Waals surface area contributed by atoms with Crippen LogP contribution in [0.15, 0.2) is 205 Å². The van der Waals surface area contributed by atoms with Gasteiger partial charge in [0.1, 0.15) is 11.2 Å². The van der Waals surface area contributed by atoms with Crippen molar-refractivity contribution in [1.29, 1.82) is 0 Å². The molecule has 2 aliphatic heterocycles. The van der Waals surface area contributed by atoms with E-state index in [1.807, 2.05) is 0 Å². The number of fused-ring (bicyclic) bond motifs is 8. The summed E-state index contributed by atoms with van der Waals surface area (Å²) in [6.45, 7) is 9.71. The van der Waals surface area contributed by atoms with Gasteiger partial charge in [-0.05, 0) is 116 Å². The number of para-hydroxylation sites is 3. The predicted molar refractivity (Wildman–Crippen MR) is 281 cm³/mol. The van der Waals surface area contributed by atoms with E-state index in [9.17, 15) is 0 Å². The first kappa shape index (κ1) is 39.8. The van der Waals surface area contributed by atoms with Crippen molar-refractivity contribution in [2.75, 3.05) is 10.2 Å². The van der Waals surface area contributed by atoms with Crippen LogP contribution in [0.4, 0.5) is 28.4 Å². The Hall–Kier alpha value is -7.56. The highest BCUT2D eigenvalue weighted by Crippen LogP contribution is 2.59. The highest BCUT2D eigenvalue weighted by atomic mass is 16.3. The smallest absolute Gasteiger partial charge is 0.197 e. The maximum absolute atomic E-state index is 7.02. The van der Waals surface area contributed by atoms with Crippen molar-refractivity contribution in [3.8, 4) is 22.3 Å². The molecule has 67 heavy (non-hydrogen) atoms. The summed E-state index contributed by atoms with van der Waals surface area (Å²) in [6, 6.07) is 73.7. The quantitative estimate of drug-likeness (QED) is 0.169. The van der Waals surface area contributed by atoms with Gasteiger partial charge in [-0.3, -0.25) is 0 Å². The molecule has 0 saturated heterocycles. The van der Waals surface area contributed by atoms with E-state index in [0.29, 0.717) is 0 Å². The zero-order chi connectivity index (χ0) is 45.1. The monoisotopic (exact) mass is 861 g/mol. The summed E-state index contributed by atoms with van der Waals surface area (Å²) in [5.74, 6) is 0. The molecule has 0 unspecified atom stereocenters. The van der Waals surface area contributed by atoms with Crippen LogP contribution in [0.5, 0.6) is 0 Å². The van der Waals surface area contributed by atoms with Gasteiger partial charge in [0.05, 0.1) is 11.1 Å². The molecule has 3 nitrogen and oxygen atoms in total. The third-order valence-corrected chi connectivity index (χ3v) is 15.4. The van der Waals surface area contributed by atoms with Crippen molar-refractivity contribution in [1.82, 2.24) is 0 Å². The van der Waals surface area contributed by atoms with E-state index in [1.165, 1.54) is 72.2 Å². The molecule has 13 rings (SSSR count). The van der Waals surface area contributed by atoms with E-state index in [2.05, 4.69) is 245 Å². The Morgan fingerprint density at radius 3 is 1.82 bits per heavy atom. The van der Waals surface area contributed by atoms with Gasteiger partial charge < -0.3 is 14.6 Å². The highest BCUT2D eigenvalue weighted by molar-refractivity contribution is 6.74. The van der Waals surface area contributed by atoms with Crippen molar-refractivity contribution in [2.24, 2.45) is 0 Å². The molecule has 0 bridgehead atoms. The summed E-state index contributed by atoms with van der Waals surface area (Å²) >= 11 is 0. The van der Waals surface area contributed by atoms with E-state index < -0.39 is 5.41 Å². The van der Waals surface area contributed by atoms with Gasteiger partial charge in [-0.15, -0.1) is 0 Å². The van der Waals surface area contributed by atoms with Gasteiger partial charge in [0.15, 0.2) is 7.28 Å². The number of nitrogens with zero attached hydrogens (tertiary/aromatic N) is 1. The number of hydrogen-bond donors (Lipinski definition) is 1. The Morgan fingerprint density at radius 1 is 0.507 bits per heavy atom. The Bertz CT molecular complexity index is 3530. The number of hydrogen-bond acceptors (Lipinski definition) is 3. The first-order valence-corrected chi connectivity index (χ1v) is 23.8. The van der Waals surface area contributed by atoms with Crippen LogP contribution in [-0.4, -0.2) is 7.28 Å². The van der Waals surface area contributed by atoms with Crippen molar-refractivity contribution in [2.45, 2.75) is 56.8 Å². The van der Waals surface area contributed by atoms with Crippen LogP contribution >= 0.6 is 0 Å². The van der Waals surface area contributed by atoms with Crippen molar-refractivity contribution in [3.63, 3.8) is 0 Å². The molecule has 0 amide bonds. The van der Waals surface area contributed by atoms with Crippen LogP contribution in [0.25, 0.3) is 44.2 Å². The lowest BCUT2D eigenvalue weighted by molar-refractivity contribution is 0.332. The number of benzene rings is 9. The van der Waals surface area contributed by atoms with Gasteiger partial charge in [-0.1, -0.05) is 191 Å². The topological polar surface area (TPSA) is 28.4 Å². The van der Waals surface area contributed by atoms with E-state index in [1.54, 1.807) is 0 Å². The first-order chi connectivity index (χ1) is 32.7. The van der Waals surface area contributed by atoms with E-state index in [0.717, 1.165) is 57.5 Å². The standard InChI is InChI=1S/C63H50BN2O/c1-61(2)35-36-62(3,4)50-38-52(65-44-33-31-41(32-34-44)40-19-8-5-9-20-40)46(37-49(50)61)58-57-45-25-14-17-30-55(45)67-56(57)39-54-59(58)64-51-28-18-27-48-60(51)66(54)53-29-16-15-26-47(53)63(48,42-21-10-6-11-22-42)43-23-12-7-13-24-43/h5-34,37-39,65H,35-36H2,1-4H3. The third-order valence-electron chi connectivity index (χ3n) is 15.4. The van der Waals surface area contributed by atoms with Crippen LogP contribution < -0.4 is 21.1 Å². The Kier molecular flexibility index (Phi) is 8.74. The van der Waals surface area contributed by atoms with Crippen LogP contribution in [0, 0.1) is 0 Å². The first-order valence-electron chi connectivity index (χ1n) is 23.8. The zero-order valence-electron chi connectivity index (χ0n) is 38.4. The molecule has 0 spiro atoms. The van der Waals surface area contributed by atoms with Crippen LogP contribution in [0.2, 0.25) is 0 Å². The van der Waals surface area contributed by atoms with E-state index in [-0.39, 0.29) is 10.8 Å². The van der Waals surface area contributed by atoms with E-state index >= 15 is 0 Å². The fraction of sp³-hybridized carbons (Fsp3) is 0.143. The average Bonchev–Trinajstić information content (AvgIpc) is 3.74. The normalized spacial score (nSPS) is 15.8. The number of nitrogens with one attached hydrogen (secondary N) is 1. The molecule has 3 aliphatic rings. The molecule has 1 N–H and O–H groups in total. The summed E-state index contributed by atoms with van der Waals surface area (Å²) in [6.07, 6.45) is 2.25. The minimum atomic E-state index is -0.567. The molecule has 3 heterocycles. The molecule has 9 aromatic carbocycles. The Labute approximate surface area is 394 Å². The SMILES string of the molecule is CC1(C)CCC(C)(C)c2cc(-c3c4c(cc5oc6ccccc6c35)N3c5ccccc5C(c5ccccc5)(c5ccccc5)c5cccc(c53)[B]4)c(Nc3ccc(-c4ccccc4)cc3)cc21. The van der Waals surface area contributed by atoms with Crippen molar-refractivity contribution >= 4 is 68.6 Å². The van der Waals surface area contributed by atoms with Gasteiger partial charge in [-0.25, -0.2) is 0 Å². The number of anilines is 5. The predicted octanol–water partition coefficient (Wildman–Crippen LogP) is 15.1. The average molecular weight is 862 g/mol. The largest absolute Gasteiger partial charge is 0.456 e. The van der Waals surface area contributed by atoms with Gasteiger partial charge in [0.2, 0.25) is 0 Å². The summed E-state index contributed by atoms with van der Waals surface area (Å²) in [5, 5.41) is 6.29. The molecule has 321 valence electrons. The maximum atomic E-state index is 7.02. The molecular formula is C63H50BN2O. The summed E-state index contributed by atoms with van der Waals surface area (Å²) in [5.41, 5.74) is 21.8. The van der Waals surface area contributed by atoms with Crippen molar-refractivity contribution in [3.05, 3.63) is 234 Å². The van der Waals surface area contributed by atoms with E-state index in [4.69, 9.17) is 4.42 Å². The molecule has 1 radical (unpaired) electrons. The number of rotatable bonds is 6. The lowest BCUT2D eigenvalue weighted by Gasteiger charge is -2.49. The molecule has 10 aromatic rings. The number of furan rings is 1. The fourth-order valence-electron chi connectivity index (χ4n) is 12.0. The third kappa shape index (κ3) is 5.91. The zero-order valence-corrected chi connectivity index (χ0v) is 38.4. The van der Waals surface area contributed by atoms with Gasteiger partial charge in [0, 0.05) is 45.2 Å². The maximum Gasteiger partial charge on any atom is 0.197 e. The Morgan fingerprint density at radius 2 is 1.10 bits per heavy atom. The van der Waals surface area contributed by atoms with Crippen molar-refractivity contribution < 1.29 is 4.42 Å². The van der Waals surface area contributed by atoms with Gasteiger partial charge in [-0.2, -0.15) is 0 Å². The molecule has 0 saturated carbocycles. The summed E-state index contributed by atoms with van der Waals surface area (Å²) in [7, 11) is 2.48. The summed E-state index contributed by atoms with van der Waals surface area (Å²) in [4.78, 5) is 2.55. The van der Waals surface area contributed by atoms with Crippen LogP contribution in [0.1, 0.15) is 73.9 Å². The fourth-order valence-corrected chi connectivity index (χ4v) is 12.0. The highest BCUT2D eigenvalue weighted by Gasteiger charge is 2.49. The molecular weight excluding hydrogens is 812 g/mol. The van der Waals surface area contributed by atoms with Gasteiger partial charge in [0.25, 0.3) is 0 Å². The molecule has 0 atom stereocenters. The minimum absolute atomic E-state index is 0.00767. The lowest BCUT2D eigenvalue weighted by Crippen LogP contribution is -2.47. The second-order valence-corrected chi connectivity index (χ2v) is 20.2. The van der Waals surface area contributed by atoms with Crippen LogP contribution in [-0.2, 0) is 16.2 Å². The van der Waals surface area contributed by atoms with Gasteiger partial charge >= 0.3 is 0 Å². The lowest BCUT2D eigenvalue weighted by atomic mass is 9.54. The Balaban J connectivity index is 1.11. The minimum Gasteiger partial charge on any atom is -0.456 e. The second-order valence-electron chi connectivity index (χ2n) is 20.2. The molecule has 0 fully saturated rings. The van der Waals surface area contributed by atoms with Crippen LogP contribution in [0.3, 0.4) is 0 Å². The second kappa shape index (κ2) is 14.7. The molecule has 1 aromatic heterocycles. The summed E-state index contributed by atoms with van der Waals surface area (Å²) < 4.78 is 7.02. The molecule has 4 heteroatoms. The molecule has 1 aliphatic carbocycles.